The van der Waals surface area contributed by atoms with Gasteiger partial charge in [-0.3, -0.25) is 0 Å². The van der Waals surface area contributed by atoms with Crippen LogP contribution in [0.1, 0.15) is 17.6 Å². The smallest absolute Gasteiger partial charge is 0.271 e. The summed E-state index contributed by atoms with van der Waals surface area (Å²) in [6.45, 7) is 3.96. The van der Waals surface area contributed by atoms with Gasteiger partial charge >= 0.3 is 0 Å². The molecule has 0 aliphatic carbocycles. The number of morpholine rings is 1. The summed E-state index contributed by atoms with van der Waals surface area (Å²) in [4.78, 5) is 5.17. The van der Waals surface area contributed by atoms with E-state index in [0.29, 0.717) is 18.3 Å². The summed E-state index contributed by atoms with van der Waals surface area (Å²) in [6, 6.07) is 0.00226. The molecule has 2 aromatic rings. The minimum absolute atomic E-state index is 0.00226. The molecule has 17 heavy (non-hydrogen) atoms. The van der Waals surface area contributed by atoms with Gasteiger partial charge in [-0.2, -0.15) is 4.98 Å². The Kier molecular flexibility index (Phi) is 2.83. The van der Waals surface area contributed by atoms with Crippen LogP contribution in [0.5, 0.6) is 0 Å². The van der Waals surface area contributed by atoms with Crippen molar-refractivity contribution in [2.45, 2.75) is 13.0 Å². The zero-order valence-electron chi connectivity index (χ0n) is 9.21. The van der Waals surface area contributed by atoms with Gasteiger partial charge in [0.25, 0.3) is 5.89 Å². The Balaban J connectivity index is 1.85. The Labute approximate surface area is 101 Å². The molecule has 1 fully saturated rings. The van der Waals surface area contributed by atoms with E-state index >= 15 is 0 Å². The second kappa shape index (κ2) is 4.47. The number of nitrogens with one attached hydrogen (secondary N) is 1. The monoisotopic (exact) mass is 253 g/mol. The fraction of sp³-hybridized carbons (Fsp3) is 0.556. The average molecular weight is 253 g/mol. The molecule has 3 heterocycles. The number of hydrogen-bond acceptors (Lipinski definition) is 8. The molecule has 0 radical (unpaired) electrons. The van der Waals surface area contributed by atoms with Gasteiger partial charge in [0, 0.05) is 6.54 Å². The topological polar surface area (TPSA) is 86.0 Å². The van der Waals surface area contributed by atoms with Crippen molar-refractivity contribution in [1.82, 2.24) is 25.0 Å². The number of rotatable bonds is 2. The fourth-order valence-electron chi connectivity index (χ4n) is 1.63. The molecule has 1 saturated heterocycles. The lowest BCUT2D eigenvalue weighted by Crippen LogP contribution is -2.35. The molecule has 3 rings (SSSR count). The summed E-state index contributed by atoms with van der Waals surface area (Å²) < 4.78 is 14.4. The molecule has 0 aromatic carbocycles. The number of hydrogen-bond donors (Lipinski definition) is 1. The molecule has 1 aliphatic heterocycles. The van der Waals surface area contributed by atoms with Crippen LogP contribution in [0.2, 0.25) is 0 Å². The van der Waals surface area contributed by atoms with Gasteiger partial charge in [0.05, 0.1) is 24.9 Å². The van der Waals surface area contributed by atoms with E-state index in [1.807, 2.05) is 6.92 Å². The first-order chi connectivity index (χ1) is 8.34. The Hall–Kier alpha value is -1.38. The zero-order chi connectivity index (χ0) is 11.7. The maximum absolute atomic E-state index is 5.35. The van der Waals surface area contributed by atoms with Gasteiger partial charge < -0.3 is 14.6 Å². The van der Waals surface area contributed by atoms with Crippen molar-refractivity contribution in [1.29, 1.82) is 0 Å². The average Bonchev–Trinajstić information content (AvgIpc) is 2.98. The summed E-state index contributed by atoms with van der Waals surface area (Å²) in [6.07, 6.45) is 0. The van der Waals surface area contributed by atoms with Crippen molar-refractivity contribution in [2.24, 2.45) is 0 Å². The molecule has 8 heteroatoms. The van der Waals surface area contributed by atoms with E-state index in [4.69, 9.17) is 9.26 Å². The van der Waals surface area contributed by atoms with Gasteiger partial charge in [-0.15, -0.1) is 5.10 Å². The molecule has 0 spiro atoms. The molecule has 1 unspecified atom stereocenters. The third-order valence-electron chi connectivity index (χ3n) is 2.52. The first-order valence-electron chi connectivity index (χ1n) is 5.28. The van der Waals surface area contributed by atoms with Gasteiger partial charge in [-0.1, -0.05) is 9.64 Å². The molecule has 7 nitrogen and oxygen atoms in total. The maximum Gasteiger partial charge on any atom is 0.271 e. The number of aromatic nitrogens is 4. The van der Waals surface area contributed by atoms with E-state index in [0.717, 1.165) is 23.7 Å². The minimum atomic E-state index is 0.00226. The molecule has 0 bridgehead atoms. The first-order valence-corrected chi connectivity index (χ1v) is 6.06. The lowest BCUT2D eigenvalue weighted by molar-refractivity contribution is 0.0734. The van der Waals surface area contributed by atoms with E-state index in [1.165, 1.54) is 11.5 Å². The molecule has 1 aliphatic rings. The van der Waals surface area contributed by atoms with Crippen LogP contribution in [0.4, 0.5) is 0 Å². The normalized spacial score (nSPS) is 20.6. The summed E-state index contributed by atoms with van der Waals surface area (Å²) in [5, 5.41) is 11.1. The summed E-state index contributed by atoms with van der Waals surface area (Å²) in [5.41, 5.74) is 0.804. The van der Waals surface area contributed by atoms with Crippen LogP contribution in [0, 0.1) is 6.92 Å². The lowest BCUT2D eigenvalue weighted by atomic mass is 10.2. The van der Waals surface area contributed by atoms with Crippen molar-refractivity contribution in [3.63, 3.8) is 0 Å². The second-order valence-corrected chi connectivity index (χ2v) is 4.48. The Morgan fingerprint density at radius 1 is 1.47 bits per heavy atom. The molecule has 90 valence electrons. The highest BCUT2D eigenvalue weighted by Crippen LogP contribution is 2.25. The Morgan fingerprint density at radius 2 is 2.41 bits per heavy atom. The molecule has 1 N–H and O–H groups in total. The third-order valence-corrected chi connectivity index (χ3v) is 3.34. The highest BCUT2D eigenvalue weighted by molar-refractivity contribution is 7.09. The van der Waals surface area contributed by atoms with Gasteiger partial charge in [0.1, 0.15) is 4.88 Å². The van der Waals surface area contributed by atoms with Gasteiger partial charge in [0.15, 0.2) is 5.82 Å². The SMILES string of the molecule is Cc1nnsc1-c1nc(C2COCCN2)no1. The minimum Gasteiger partial charge on any atom is -0.378 e. The van der Waals surface area contributed by atoms with E-state index in [2.05, 4.69) is 25.0 Å². The van der Waals surface area contributed by atoms with Crippen LogP contribution in [0.25, 0.3) is 10.8 Å². The number of nitrogens with zero attached hydrogens (tertiary/aromatic N) is 4. The van der Waals surface area contributed by atoms with Crippen molar-refractivity contribution in [3.05, 3.63) is 11.5 Å². The molecule has 1 atom stereocenters. The van der Waals surface area contributed by atoms with E-state index in [1.54, 1.807) is 0 Å². The fourth-order valence-corrected chi connectivity index (χ4v) is 2.21. The van der Waals surface area contributed by atoms with Gasteiger partial charge in [-0.05, 0) is 18.5 Å². The van der Waals surface area contributed by atoms with Crippen LogP contribution in [0.15, 0.2) is 4.52 Å². The summed E-state index contributed by atoms with van der Waals surface area (Å²) >= 11 is 1.25. The largest absolute Gasteiger partial charge is 0.378 e. The highest BCUT2D eigenvalue weighted by Gasteiger charge is 2.22. The van der Waals surface area contributed by atoms with Crippen LogP contribution < -0.4 is 5.32 Å². The Morgan fingerprint density at radius 3 is 3.12 bits per heavy atom. The maximum atomic E-state index is 5.35. The molecule has 2 aromatic heterocycles. The predicted octanol–water partition coefficient (Wildman–Crippen LogP) is 0.557. The van der Waals surface area contributed by atoms with E-state index < -0.39 is 0 Å². The highest BCUT2D eigenvalue weighted by atomic mass is 32.1. The summed E-state index contributed by atoms with van der Waals surface area (Å²) in [7, 11) is 0. The second-order valence-electron chi connectivity index (χ2n) is 3.73. The van der Waals surface area contributed by atoms with Crippen LogP contribution in [-0.4, -0.2) is 39.5 Å². The standard InChI is InChI=1S/C9H11N5O2S/c1-5-7(17-14-12-5)9-11-8(13-16-9)6-4-15-3-2-10-6/h6,10H,2-4H2,1H3. The third kappa shape index (κ3) is 2.06. The predicted molar refractivity (Wildman–Crippen MR) is 59.5 cm³/mol. The van der Waals surface area contributed by atoms with E-state index in [-0.39, 0.29) is 6.04 Å². The number of ether oxygens (including phenoxy) is 1. The van der Waals surface area contributed by atoms with Crippen molar-refractivity contribution < 1.29 is 9.26 Å². The van der Waals surface area contributed by atoms with Gasteiger partial charge in [-0.25, -0.2) is 0 Å². The van der Waals surface area contributed by atoms with Crippen molar-refractivity contribution in [3.8, 4) is 10.8 Å². The summed E-state index contributed by atoms with van der Waals surface area (Å²) in [5.74, 6) is 1.09. The lowest BCUT2D eigenvalue weighted by Gasteiger charge is -2.20. The van der Waals surface area contributed by atoms with Crippen LogP contribution >= 0.6 is 11.5 Å². The van der Waals surface area contributed by atoms with Crippen molar-refractivity contribution >= 4 is 11.5 Å². The molecular formula is C9H11N5O2S. The molecule has 0 amide bonds. The van der Waals surface area contributed by atoms with Crippen LogP contribution in [0.3, 0.4) is 0 Å². The van der Waals surface area contributed by atoms with Gasteiger partial charge in [0.2, 0.25) is 0 Å². The van der Waals surface area contributed by atoms with Crippen LogP contribution in [-0.2, 0) is 4.74 Å². The number of aryl methyl sites for hydroxylation is 1. The zero-order valence-corrected chi connectivity index (χ0v) is 10.0. The van der Waals surface area contributed by atoms with Crippen molar-refractivity contribution in [2.75, 3.05) is 19.8 Å². The molecular weight excluding hydrogens is 242 g/mol. The van der Waals surface area contributed by atoms with E-state index in [9.17, 15) is 0 Å². The molecule has 0 saturated carbocycles. The quantitative estimate of drug-likeness (QED) is 0.836. The first kappa shape index (κ1) is 10.8. The Bertz CT molecular complexity index is 505.